The Balaban J connectivity index is 1.33. The minimum Gasteiger partial charge on any atom is -0.480 e. The normalized spacial score (nSPS) is 12.9. The number of carboxylic acids is 1. The molecule has 0 aromatic heterocycles. The molecular weight excluding hydrogens is 420 g/mol. The van der Waals surface area contributed by atoms with Crippen LogP contribution in [0.3, 0.4) is 0 Å². The topological polar surface area (TPSA) is 105 Å². The summed E-state index contributed by atoms with van der Waals surface area (Å²) >= 11 is 0. The van der Waals surface area contributed by atoms with Crippen LogP contribution >= 0.6 is 0 Å². The molecule has 0 spiro atoms. The molecule has 0 heterocycles. The number of carbonyl (C=O) groups is 3. The van der Waals surface area contributed by atoms with Crippen LogP contribution in [0.4, 0.5) is 10.5 Å². The monoisotopic (exact) mass is 444 g/mol. The average molecular weight is 444 g/mol. The first-order valence-corrected chi connectivity index (χ1v) is 10.7. The summed E-state index contributed by atoms with van der Waals surface area (Å²) in [5, 5.41) is 14.0. The maximum absolute atomic E-state index is 12.4. The largest absolute Gasteiger partial charge is 0.480 e. The summed E-state index contributed by atoms with van der Waals surface area (Å²) < 4.78 is 5.53. The fourth-order valence-corrected chi connectivity index (χ4v) is 4.00. The second-order valence-electron chi connectivity index (χ2n) is 7.95. The zero-order valence-corrected chi connectivity index (χ0v) is 18.1. The Kier molecular flexibility index (Phi) is 6.40. The number of carbonyl (C=O) groups excluding carboxylic acids is 2. The molecule has 3 N–H and O–H groups in total. The van der Waals surface area contributed by atoms with Crippen LogP contribution in [0.5, 0.6) is 0 Å². The van der Waals surface area contributed by atoms with Crippen molar-refractivity contribution >= 4 is 23.7 Å². The highest BCUT2D eigenvalue weighted by atomic mass is 16.5. The zero-order chi connectivity index (χ0) is 23.4. The molecule has 4 rings (SSSR count). The maximum Gasteiger partial charge on any atom is 0.411 e. The van der Waals surface area contributed by atoms with Crippen LogP contribution in [-0.4, -0.2) is 35.7 Å². The fraction of sp³-hybridized carbons (Fsp3) is 0.192. The number of rotatable bonds is 7. The lowest BCUT2D eigenvalue weighted by Gasteiger charge is -2.14. The Morgan fingerprint density at radius 3 is 2.06 bits per heavy atom. The van der Waals surface area contributed by atoms with E-state index in [1.165, 1.54) is 18.1 Å². The molecule has 7 nitrogen and oxygen atoms in total. The highest BCUT2D eigenvalue weighted by Gasteiger charge is 2.29. The molecule has 1 aliphatic rings. The van der Waals surface area contributed by atoms with Gasteiger partial charge in [0.1, 0.15) is 12.6 Å². The van der Waals surface area contributed by atoms with E-state index in [0.717, 1.165) is 11.1 Å². The lowest BCUT2D eigenvalue weighted by Crippen LogP contribution is -2.39. The Morgan fingerprint density at radius 1 is 0.909 bits per heavy atom. The number of ether oxygens (including phenoxy) is 1. The molecule has 33 heavy (non-hydrogen) atoms. The summed E-state index contributed by atoms with van der Waals surface area (Å²) in [6, 6.07) is 22.1. The van der Waals surface area contributed by atoms with Gasteiger partial charge in [0.25, 0.3) is 0 Å². The average Bonchev–Trinajstić information content (AvgIpc) is 3.12. The standard InChI is InChI=1S/C26H24N2O5/c1-16(25(30)31)27-24(29)14-17-10-12-18(13-11-17)28-26(32)33-15-23-21-8-4-2-6-19(21)20-7-3-5-9-22(20)23/h2-13,16,23H,14-15H2,1H3,(H,27,29)(H,28,32)(H,30,31)/t16-/m0/s1. The van der Waals surface area contributed by atoms with E-state index in [1.807, 2.05) is 24.3 Å². The first kappa shape index (κ1) is 22.1. The molecule has 1 atom stereocenters. The van der Waals surface area contributed by atoms with Crippen LogP contribution in [0.25, 0.3) is 11.1 Å². The molecule has 0 fully saturated rings. The summed E-state index contributed by atoms with van der Waals surface area (Å²) in [5.74, 6) is -1.50. The van der Waals surface area contributed by atoms with E-state index < -0.39 is 18.1 Å². The lowest BCUT2D eigenvalue weighted by atomic mass is 9.98. The van der Waals surface area contributed by atoms with Gasteiger partial charge in [-0.3, -0.25) is 14.9 Å². The Bertz CT molecular complexity index is 1140. The van der Waals surface area contributed by atoms with Gasteiger partial charge in [0.2, 0.25) is 5.91 Å². The number of anilines is 1. The van der Waals surface area contributed by atoms with Crippen molar-refractivity contribution in [2.75, 3.05) is 11.9 Å². The van der Waals surface area contributed by atoms with E-state index in [-0.39, 0.29) is 24.9 Å². The van der Waals surface area contributed by atoms with Gasteiger partial charge in [-0.25, -0.2) is 4.79 Å². The van der Waals surface area contributed by atoms with Crippen LogP contribution in [0.2, 0.25) is 0 Å². The lowest BCUT2D eigenvalue weighted by molar-refractivity contribution is -0.141. The fourth-order valence-electron chi connectivity index (χ4n) is 4.00. The Morgan fingerprint density at radius 2 is 1.48 bits per heavy atom. The third kappa shape index (κ3) is 5.03. The van der Waals surface area contributed by atoms with Gasteiger partial charge < -0.3 is 15.2 Å². The molecule has 0 saturated carbocycles. The van der Waals surface area contributed by atoms with Gasteiger partial charge in [0, 0.05) is 11.6 Å². The highest BCUT2D eigenvalue weighted by Crippen LogP contribution is 2.44. The van der Waals surface area contributed by atoms with Gasteiger partial charge >= 0.3 is 12.1 Å². The minimum absolute atomic E-state index is 0.0165. The molecule has 0 bridgehead atoms. The van der Waals surface area contributed by atoms with Crippen LogP contribution in [-0.2, 0) is 20.7 Å². The zero-order valence-electron chi connectivity index (χ0n) is 18.1. The van der Waals surface area contributed by atoms with E-state index in [0.29, 0.717) is 11.3 Å². The van der Waals surface area contributed by atoms with Crippen LogP contribution < -0.4 is 10.6 Å². The number of hydrogen-bond acceptors (Lipinski definition) is 4. The van der Waals surface area contributed by atoms with Gasteiger partial charge in [-0.1, -0.05) is 60.7 Å². The molecule has 7 heteroatoms. The van der Waals surface area contributed by atoms with Crippen molar-refractivity contribution in [1.29, 1.82) is 0 Å². The van der Waals surface area contributed by atoms with E-state index in [9.17, 15) is 14.4 Å². The second-order valence-corrected chi connectivity index (χ2v) is 7.95. The van der Waals surface area contributed by atoms with E-state index >= 15 is 0 Å². The molecule has 0 aliphatic heterocycles. The summed E-state index contributed by atoms with van der Waals surface area (Å²) in [6.45, 7) is 1.63. The molecule has 3 aromatic carbocycles. The summed E-state index contributed by atoms with van der Waals surface area (Å²) in [6.07, 6.45) is -0.513. The number of carboxylic acid groups (broad SMARTS) is 1. The van der Waals surface area contributed by atoms with Crippen molar-refractivity contribution in [2.45, 2.75) is 25.3 Å². The molecule has 1 aliphatic carbocycles. The predicted molar refractivity (Wildman–Crippen MR) is 124 cm³/mol. The van der Waals surface area contributed by atoms with Crippen LogP contribution in [0.15, 0.2) is 72.8 Å². The number of aliphatic carboxylic acids is 1. The van der Waals surface area contributed by atoms with Gasteiger partial charge in [0.05, 0.1) is 6.42 Å². The Labute approximate surface area is 191 Å². The molecule has 0 saturated heterocycles. The quantitative estimate of drug-likeness (QED) is 0.507. The molecular formula is C26H24N2O5. The number of nitrogens with one attached hydrogen (secondary N) is 2. The maximum atomic E-state index is 12.4. The van der Waals surface area contributed by atoms with Crippen LogP contribution in [0, 0.1) is 0 Å². The van der Waals surface area contributed by atoms with Gasteiger partial charge in [-0.2, -0.15) is 0 Å². The predicted octanol–water partition coefficient (Wildman–Crippen LogP) is 4.18. The summed E-state index contributed by atoms with van der Waals surface area (Å²) in [7, 11) is 0. The number of benzene rings is 3. The van der Waals surface area contributed by atoms with E-state index in [2.05, 4.69) is 34.9 Å². The third-order valence-electron chi connectivity index (χ3n) is 5.66. The number of amides is 2. The van der Waals surface area contributed by atoms with Gasteiger partial charge in [0.15, 0.2) is 0 Å². The van der Waals surface area contributed by atoms with E-state index in [1.54, 1.807) is 24.3 Å². The van der Waals surface area contributed by atoms with Gasteiger partial charge in [-0.05, 0) is 46.9 Å². The van der Waals surface area contributed by atoms with Crippen LogP contribution in [0.1, 0.15) is 29.5 Å². The number of fused-ring (bicyclic) bond motifs is 3. The van der Waals surface area contributed by atoms with Gasteiger partial charge in [-0.15, -0.1) is 0 Å². The molecule has 168 valence electrons. The summed E-state index contributed by atoms with van der Waals surface area (Å²) in [4.78, 5) is 35.1. The van der Waals surface area contributed by atoms with Crippen molar-refractivity contribution in [3.05, 3.63) is 89.5 Å². The molecule has 0 radical (unpaired) electrons. The van der Waals surface area contributed by atoms with E-state index in [4.69, 9.17) is 9.84 Å². The van der Waals surface area contributed by atoms with Crippen molar-refractivity contribution in [1.82, 2.24) is 5.32 Å². The SMILES string of the molecule is C[C@H](NC(=O)Cc1ccc(NC(=O)OCC2c3ccccc3-c3ccccc32)cc1)C(=O)O. The van der Waals surface area contributed by atoms with Crippen molar-refractivity contribution in [3.8, 4) is 11.1 Å². The molecule has 3 aromatic rings. The smallest absolute Gasteiger partial charge is 0.411 e. The summed E-state index contributed by atoms with van der Waals surface area (Å²) in [5.41, 5.74) is 5.86. The molecule has 2 amide bonds. The second kappa shape index (κ2) is 9.56. The number of hydrogen-bond donors (Lipinski definition) is 3. The first-order chi connectivity index (χ1) is 15.9. The van der Waals surface area contributed by atoms with Crippen molar-refractivity contribution in [2.24, 2.45) is 0 Å². The van der Waals surface area contributed by atoms with Crippen molar-refractivity contribution < 1.29 is 24.2 Å². The third-order valence-corrected chi connectivity index (χ3v) is 5.66. The molecule has 0 unspecified atom stereocenters. The highest BCUT2D eigenvalue weighted by molar-refractivity contribution is 5.86. The minimum atomic E-state index is -1.09. The first-order valence-electron chi connectivity index (χ1n) is 10.7. The Hall–Kier alpha value is -4.13. The van der Waals surface area contributed by atoms with Crippen molar-refractivity contribution in [3.63, 3.8) is 0 Å².